The molecule has 0 radical (unpaired) electrons. The Balaban J connectivity index is 1.29. The number of aliphatic imine (C=N–C) groups is 1. The van der Waals surface area contributed by atoms with Crippen LogP contribution in [0.2, 0.25) is 0 Å². The standard InChI is InChI=1S/C25H24N6O/c32-22-7-10-30(11-8-22)21-5-3-20(4-6-21)28-24-25-27-9-12-31(25)16-23(29-24)17-1-2-18-14-26-15-19(18)13-17/h1-6,9,12-14,16,22,32H,7-8,10-11,15H2,(H,28,29). The molecule has 1 saturated heterocycles. The van der Waals surface area contributed by atoms with E-state index >= 15 is 0 Å². The Kier molecular flexibility index (Phi) is 4.61. The van der Waals surface area contributed by atoms with Crippen LogP contribution >= 0.6 is 0 Å². The minimum Gasteiger partial charge on any atom is -0.393 e. The summed E-state index contributed by atoms with van der Waals surface area (Å²) in [5, 5.41) is 13.2. The van der Waals surface area contributed by atoms with E-state index in [9.17, 15) is 5.11 Å². The molecule has 2 N–H and O–H groups in total. The highest BCUT2D eigenvalue weighted by molar-refractivity contribution is 5.86. The smallest absolute Gasteiger partial charge is 0.180 e. The van der Waals surface area contributed by atoms with Crippen molar-refractivity contribution in [2.75, 3.05) is 23.3 Å². The monoisotopic (exact) mass is 424 g/mol. The van der Waals surface area contributed by atoms with Crippen molar-refractivity contribution in [3.8, 4) is 11.3 Å². The number of fused-ring (bicyclic) bond motifs is 2. The summed E-state index contributed by atoms with van der Waals surface area (Å²) < 4.78 is 2.00. The third kappa shape index (κ3) is 3.50. The third-order valence-corrected chi connectivity index (χ3v) is 6.26. The summed E-state index contributed by atoms with van der Waals surface area (Å²) in [6.45, 7) is 2.50. The van der Waals surface area contributed by atoms with E-state index in [0.717, 1.165) is 60.9 Å². The normalized spacial score (nSPS) is 16.0. The van der Waals surface area contributed by atoms with Crippen molar-refractivity contribution >= 4 is 29.1 Å². The number of imidazole rings is 1. The van der Waals surface area contributed by atoms with E-state index in [1.165, 1.54) is 16.8 Å². The highest BCUT2D eigenvalue weighted by atomic mass is 16.3. The average Bonchev–Trinajstić information content (AvgIpc) is 3.49. The molecule has 0 unspecified atom stereocenters. The van der Waals surface area contributed by atoms with Crippen LogP contribution in [0.15, 0.2) is 66.0 Å². The fourth-order valence-corrected chi connectivity index (χ4v) is 4.44. The number of hydrogen-bond acceptors (Lipinski definition) is 6. The zero-order valence-corrected chi connectivity index (χ0v) is 17.6. The first kappa shape index (κ1) is 19.0. The van der Waals surface area contributed by atoms with Gasteiger partial charge in [0.15, 0.2) is 11.5 Å². The van der Waals surface area contributed by atoms with Crippen LogP contribution in [0.3, 0.4) is 0 Å². The Morgan fingerprint density at radius 2 is 1.88 bits per heavy atom. The number of piperidine rings is 1. The van der Waals surface area contributed by atoms with E-state index in [0.29, 0.717) is 0 Å². The number of aromatic nitrogens is 3. The van der Waals surface area contributed by atoms with Gasteiger partial charge in [0.2, 0.25) is 0 Å². The lowest BCUT2D eigenvalue weighted by atomic mass is 10.0. The van der Waals surface area contributed by atoms with Gasteiger partial charge < -0.3 is 19.7 Å². The lowest BCUT2D eigenvalue weighted by molar-refractivity contribution is 0.145. The van der Waals surface area contributed by atoms with Gasteiger partial charge in [-0.1, -0.05) is 12.1 Å². The largest absolute Gasteiger partial charge is 0.393 e. The molecule has 32 heavy (non-hydrogen) atoms. The molecule has 2 aromatic heterocycles. The van der Waals surface area contributed by atoms with Gasteiger partial charge in [-0.15, -0.1) is 0 Å². The van der Waals surface area contributed by atoms with Crippen molar-refractivity contribution < 1.29 is 5.11 Å². The Morgan fingerprint density at radius 3 is 2.72 bits per heavy atom. The summed E-state index contributed by atoms with van der Waals surface area (Å²) in [4.78, 5) is 16.1. The average molecular weight is 425 g/mol. The summed E-state index contributed by atoms with van der Waals surface area (Å²) >= 11 is 0. The Hall–Kier alpha value is -3.71. The number of anilines is 3. The number of rotatable bonds is 4. The molecule has 2 aliphatic heterocycles. The molecule has 160 valence electrons. The van der Waals surface area contributed by atoms with E-state index in [4.69, 9.17) is 4.98 Å². The zero-order valence-electron chi connectivity index (χ0n) is 17.6. The Morgan fingerprint density at radius 1 is 1.03 bits per heavy atom. The zero-order chi connectivity index (χ0) is 21.5. The summed E-state index contributed by atoms with van der Waals surface area (Å²) in [5.41, 5.74) is 7.28. The predicted octanol–water partition coefficient (Wildman–Crippen LogP) is 4.03. The second-order valence-electron chi connectivity index (χ2n) is 8.41. The van der Waals surface area contributed by atoms with Gasteiger partial charge in [-0.3, -0.25) is 4.99 Å². The third-order valence-electron chi connectivity index (χ3n) is 6.26. The molecule has 0 bridgehead atoms. The van der Waals surface area contributed by atoms with Crippen LogP contribution in [0.4, 0.5) is 17.2 Å². The number of nitrogens with one attached hydrogen (secondary N) is 1. The molecule has 7 nitrogen and oxygen atoms in total. The molecular formula is C25H24N6O. The number of hydrogen-bond donors (Lipinski definition) is 2. The van der Waals surface area contributed by atoms with Crippen molar-refractivity contribution in [2.45, 2.75) is 25.5 Å². The van der Waals surface area contributed by atoms with Crippen molar-refractivity contribution in [1.29, 1.82) is 0 Å². The SMILES string of the molecule is OC1CCN(c2ccc(Nc3nc(-c4ccc5c(c4)CN=C5)cn4ccnc34)cc2)CC1. The van der Waals surface area contributed by atoms with Crippen molar-refractivity contribution in [3.63, 3.8) is 0 Å². The van der Waals surface area contributed by atoms with E-state index in [2.05, 4.69) is 62.7 Å². The maximum atomic E-state index is 9.74. The van der Waals surface area contributed by atoms with Crippen LogP contribution in [-0.2, 0) is 6.54 Å². The number of benzene rings is 2. The quantitative estimate of drug-likeness (QED) is 0.517. The van der Waals surface area contributed by atoms with E-state index in [1.54, 1.807) is 6.20 Å². The first-order valence-corrected chi connectivity index (χ1v) is 11.0. The van der Waals surface area contributed by atoms with E-state index < -0.39 is 0 Å². The maximum Gasteiger partial charge on any atom is 0.180 e. The van der Waals surface area contributed by atoms with Gasteiger partial charge in [-0.2, -0.15) is 0 Å². The van der Waals surface area contributed by atoms with Gasteiger partial charge in [-0.25, -0.2) is 9.97 Å². The first-order valence-electron chi connectivity index (χ1n) is 11.0. The molecular weight excluding hydrogens is 400 g/mol. The number of aliphatic hydroxyl groups is 1. The van der Waals surface area contributed by atoms with Gasteiger partial charge in [0.1, 0.15) is 0 Å². The van der Waals surface area contributed by atoms with E-state index in [1.807, 2.05) is 23.0 Å². The molecule has 1 fully saturated rings. The first-order chi connectivity index (χ1) is 15.7. The summed E-state index contributed by atoms with van der Waals surface area (Å²) in [5.74, 6) is 0.720. The van der Waals surface area contributed by atoms with Crippen LogP contribution < -0.4 is 10.2 Å². The minimum atomic E-state index is -0.166. The van der Waals surface area contributed by atoms with E-state index in [-0.39, 0.29) is 6.10 Å². The lowest BCUT2D eigenvalue weighted by Crippen LogP contribution is -2.35. The van der Waals surface area contributed by atoms with Gasteiger partial charge >= 0.3 is 0 Å². The van der Waals surface area contributed by atoms with Gasteiger partial charge in [0, 0.05) is 54.8 Å². The molecule has 0 aliphatic carbocycles. The molecule has 4 aromatic rings. The minimum absolute atomic E-state index is 0.166. The highest BCUT2D eigenvalue weighted by Crippen LogP contribution is 2.28. The second-order valence-corrected chi connectivity index (χ2v) is 8.41. The van der Waals surface area contributed by atoms with Crippen LogP contribution in [0.1, 0.15) is 24.0 Å². The number of aliphatic hydroxyl groups excluding tert-OH is 1. The second kappa shape index (κ2) is 7.76. The van der Waals surface area contributed by atoms with Crippen LogP contribution in [0.25, 0.3) is 16.9 Å². The molecule has 0 saturated carbocycles. The highest BCUT2D eigenvalue weighted by Gasteiger charge is 2.17. The molecule has 6 rings (SSSR count). The van der Waals surface area contributed by atoms with Gasteiger partial charge in [0.05, 0.1) is 18.3 Å². The summed E-state index contributed by atoms with van der Waals surface area (Å²) in [6.07, 6.45) is 9.15. The maximum absolute atomic E-state index is 9.74. The molecule has 2 aliphatic rings. The summed E-state index contributed by atoms with van der Waals surface area (Å²) in [6, 6.07) is 14.7. The molecule has 7 heteroatoms. The molecule has 0 atom stereocenters. The summed E-state index contributed by atoms with van der Waals surface area (Å²) in [7, 11) is 0. The van der Waals surface area contributed by atoms with Gasteiger partial charge in [-0.05, 0) is 54.3 Å². The topological polar surface area (TPSA) is 78.0 Å². The lowest BCUT2D eigenvalue weighted by Gasteiger charge is -2.31. The molecule has 0 spiro atoms. The van der Waals surface area contributed by atoms with Crippen LogP contribution in [-0.4, -0.2) is 44.9 Å². The van der Waals surface area contributed by atoms with Crippen molar-refractivity contribution in [2.24, 2.45) is 4.99 Å². The fraction of sp³-hybridized carbons (Fsp3) is 0.240. The van der Waals surface area contributed by atoms with Crippen LogP contribution in [0, 0.1) is 0 Å². The predicted molar refractivity (Wildman–Crippen MR) is 127 cm³/mol. The van der Waals surface area contributed by atoms with Crippen molar-refractivity contribution in [1.82, 2.24) is 14.4 Å². The Labute approximate surface area is 186 Å². The Bertz CT molecular complexity index is 1300. The molecule has 2 aromatic carbocycles. The fourth-order valence-electron chi connectivity index (χ4n) is 4.44. The molecule has 4 heterocycles. The van der Waals surface area contributed by atoms with Gasteiger partial charge in [0.25, 0.3) is 0 Å². The van der Waals surface area contributed by atoms with Crippen molar-refractivity contribution in [3.05, 3.63) is 72.2 Å². The van der Waals surface area contributed by atoms with Crippen LogP contribution in [0.5, 0.6) is 0 Å². The number of nitrogens with zero attached hydrogens (tertiary/aromatic N) is 5. The molecule has 0 amide bonds.